The first kappa shape index (κ1) is 17.6. The molecule has 1 N–H and O–H groups in total. The molecule has 25 heavy (non-hydrogen) atoms. The number of aryl methyl sites for hydroxylation is 1. The number of nitrogens with one attached hydrogen (secondary N) is 1. The number of nitrogens with zero attached hydrogens (tertiary/aromatic N) is 5. The van der Waals surface area contributed by atoms with Crippen LogP contribution in [0.5, 0.6) is 0 Å². The highest BCUT2D eigenvalue weighted by Gasteiger charge is 2.14. The maximum Gasteiger partial charge on any atom is 0.236 e. The number of hydrogen-bond donors (Lipinski definition) is 1. The molecule has 3 rings (SSSR count). The van der Waals surface area contributed by atoms with Gasteiger partial charge in [0.25, 0.3) is 0 Å². The van der Waals surface area contributed by atoms with E-state index in [9.17, 15) is 4.79 Å². The maximum absolute atomic E-state index is 12.1. The molecule has 0 aliphatic heterocycles. The minimum atomic E-state index is -0.131. The normalized spacial score (nSPS) is 10.8. The predicted molar refractivity (Wildman–Crippen MR) is 99.7 cm³/mol. The van der Waals surface area contributed by atoms with Crippen LogP contribution in [-0.4, -0.2) is 36.6 Å². The number of benzene rings is 1. The fourth-order valence-corrected chi connectivity index (χ4v) is 3.75. The number of carbonyl (C=O) groups is 1. The average molecular weight is 374 g/mol. The Kier molecular flexibility index (Phi) is 5.77. The topological polar surface area (TPSA) is 85.6 Å². The number of carbonyl (C=O) groups excluding carboxylic acids is 1. The maximum atomic E-state index is 12.1. The molecular weight excluding hydrogens is 356 g/mol. The van der Waals surface area contributed by atoms with Crippen molar-refractivity contribution in [3.05, 3.63) is 35.3 Å². The van der Waals surface area contributed by atoms with Gasteiger partial charge in [0.2, 0.25) is 11.0 Å². The molecule has 0 spiro atoms. The van der Waals surface area contributed by atoms with E-state index < -0.39 is 0 Å². The lowest BCUT2D eigenvalue weighted by Gasteiger charge is -2.03. The van der Waals surface area contributed by atoms with E-state index in [0.29, 0.717) is 10.3 Å². The van der Waals surface area contributed by atoms with Crippen LogP contribution in [0, 0.1) is 0 Å². The summed E-state index contributed by atoms with van der Waals surface area (Å²) >= 11 is 2.76. The summed E-state index contributed by atoms with van der Waals surface area (Å²) in [7, 11) is 1.89. The van der Waals surface area contributed by atoms with E-state index in [4.69, 9.17) is 0 Å². The lowest BCUT2D eigenvalue weighted by Crippen LogP contribution is -2.14. The van der Waals surface area contributed by atoms with Crippen molar-refractivity contribution in [1.82, 2.24) is 25.0 Å². The molecule has 0 atom stereocenters. The Morgan fingerprint density at radius 1 is 1.20 bits per heavy atom. The van der Waals surface area contributed by atoms with Gasteiger partial charge in [-0.1, -0.05) is 60.4 Å². The van der Waals surface area contributed by atoms with Gasteiger partial charge in [-0.05, 0) is 6.42 Å². The molecule has 2 heterocycles. The van der Waals surface area contributed by atoms with E-state index in [2.05, 4.69) is 32.6 Å². The zero-order chi connectivity index (χ0) is 17.6. The first-order chi connectivity index (χ1) is 12.2. The second-order valence-corrected chi connectivity index (χ2v) is 7.32. The summed E-state index contributed by atoms with van der Waals surface area (Å²) < 4.78 is 1.89. The molecule has 3 aromatic rings. The molecule has 0 aliphatic rings. The molecule has 0 saturated heterocycles. The third kappa shape index (κ3) is 4.43. The van der Waals surface area contributed by atoms with E-state index in [0.717, 1.165) is 29.2 Å². The SMILES string of the molecule is CCCc1nnc(NC(=O)CSc2nnc(-c3ccccc3)n2C)s1. The van der Waals surface area contributed by atoms with E-state index in [1.807, 2.05) is 41.9 Å². The lowest BCUT2D eigenvalue weighted by molar-refractivity contribution is -0.113. The van der Waals surface area contributed by atoms with Crippen LogP contribution in [0.3, 0.4) is 0 Å². The highest BCUT2D eigenvalue weighted by Crippen LogP contribution is 2.23. The van der Waals surface area contributed by atoms with Gasteiger partial charge in [0.05, 0.1) is 5.75 Å². The molecule has 1 aromatic carbocycles. The van der Waals surface area contributed by atoms with Crippen LogP contribution in [0.1, 0.15) is 18.4 Å². The summed E-state index contributed by atoms with van der Waals surface area (Å²) in [4.78, 5) is 12.1. The summed E-state index contributed by atoms with van der Waals surface area (Å²) in [6, 6.07) is 9.83. The minimum absolute atomic E-state index is 0.131. The van der Waals surface area contributed by atoms with Crippen LogP contribution >= 0.6 is 23.1 Å². The number of anilines is 1. The molecule has 0 saturated carbocycles. The molecule has 7 nitrogen and oxygen atoms in total. The summed E-state index contributed by atoms with van der Waals surface area (Å²) in [6.45, 7) is 2.08. The first-order valence-electron chi connectivity index (χ1n) is 7.87. The summed E-state index contributed by atoms with van der Waals surface area (Å²) in [5, 5.41) is 21.4. The van der Waals surface area contributed by atoms with Crippen molar-refractivity contribution in [2.75, 3.05) is 11.1 Å². The fraction of sp³-hybridized carbons (Fsp3) is 0.312. The van der Waals surface area contributed by atoms with Gasteiger partial charge in [0.1, 0.15) is 5.01 Å². The van der Waals surface area contributed by atoms with Crippen LogP contribution in [0.4, 0.5) is 5.13 Å². The van der Waals surface area contributed by atoms with Crippen LogP contribution in [0.25, 0.3) is 11.4 Å². The Bertz CT molecular complexity index is 845. The van der Waals surface area contributed by atoms with Gasteiger partial charge in [0, 0.05) is 19.0 Å². The second-order valence-electron chi connectivity index (χ2n) is 5.32. The van der Waals surface area contributed by atoms with Gasteiger partial charge < -0.3 is 4.57 Å². The summed E-state index contributed by atoms with van der Waals surface area (Å²) in [5.41, 5.74) is 0.992. The van der Waals surface area contributed by atoms with Crippen molar-refractivity contribution < 1.29 is 4.79 Å². The van der Waals surface area contributed by atoms with Crippen molar-refractivity contribution >= 4 is 34.1 Å². The number of rotatable bonds is 7. The van der Waals surface area contributed by atoms with E-state index in [1.165, 1.54) is 23.1 Å². The molecule has 0 bridgehead atoms. The molecule has 2 aromatic heterocycles. The van der Waals surface area contributed by atoms with E-state index >= 15 is 0 Å². The van der Waals surface area contributed by atoms with Crippen molar-refractivity contribution in [3.63, 3.8) is 0 Å². The predicted octanol–water partition coefficient (Wildman–Crippen LogP) is 3.02. The molecule has 9 heteroatoms. The monoisotopic (exact) mass is 374 g/mol. The van der Waals surface area contributed by atoms with Gasteiger partial charge in [-0.25, -0.2) is 0 Å². The van der Waals surface area contributed by atoms with Crippen LogP contribution in [0.2, 0.25) is 0 Å². The van der Waals surface area contributed by atoms with Gasteiger partial charge in [0.15, 0.2) is 11.0 Å². The molecule has 0 aliphatic carbocycles. The number of aromatic nitrogens is 5. The molecule has 0 unspecified atom stereocenters. The third-order valence-electron chi connectivity index (χ3n) is 3.38. The average Bonchev–Trinajstić information content (AvgIpc) is 3.21. The van der Waals surface area contributed by atoms with Crippen molar-refractivity contribution in [3.8, 4) is 11.4 Å². The molecule has 1 amide bonds. The largest absolute Gasteiger partial charge is 0.305 e. The van der Waals surface area contributed by atoms with Crippen molar-refractivity contribution in [1.29, 1.82) is 0 Å². The Morgan fingerprint density at radius 3 is 2.76 bits per heavy atom. The van der Waals surface area contributed by atoms with Crippen LogP contribution in [0.15, 0.2) is 35.5 Å². The first-order valence-corrected chi connectivity index (χ1v) is 9.67. The molecular formula is C16H18N6OS2. The van der Waals surface area contributed by atoms with Gasteiger partial charge in [-0.3, -0.25) is 10.1 Å². The Morgan fingerprint density at radius 2 is 2.00 bits per heavy atom. The quantitative estimate of drug-likeness (QED) is 0.640. The van der Waals surface area contributed by atoms with E-state index in [1.54, 1.807) is 0 Å². The molecule has 0 radical (unpaired) electrons. The molecule has 130 valence electrons. The minimum Gasteiger partial charge on any atom is -0.305 e. The van der Waals surface area contributed by atoms with Crippen molar-refractivity contribution in [2.45, 2.75) is 24.9 Å². The number of thioether (sulfide) groups is 1. The summed E-state index contributed by atoms with van der Waals surface area (Å²) in [5.74, 6) is 0.883. The highest BCUT2D eigenvalue weighted by atomic mass is 32.2. The number of amides is 1. The van der Waals surface area contributed by atoms with E-state index in [-0.39, 0.29) is 11.7 Å². The second kappa shape index (κ2) is 8.21. The Balaban J connectivity index is 1.58. The van der Waals surface area contributed by atoms with Crippen LogP contribution in [-0.2, 0) is 18.3 Å². The zero-order valence-corrected chi connectivity index (χ0v) is 15.6. The smallest absolute Gasteiger partial charge is 0.236 e. The number of hydrogen-bond acceptors (Lipinski definition) is 7. The standard InChI is InChI=1S/C16H18N6OS2/c1-3-7-13-18-20-15(25-13)17-12(23)10-24-16-21-19-14(22(16)2)11-8-5-4-6-9-11/h4-6,8-9H,3,7,10H2,1-2H3,(H,17,20,23). The lowest BCUT2D eigenvalue weighted by atomic mass is 10.2. The highest BCUT2D eigenvalue weighted by molar-refractivity contribution is 7.99. The molecule has 0 fully saturated rings. The Hall–Kier alpha value is -2.26. The van der Waals surface area contributed by atoms with Crippen LogP contribution < -0.4 is 5.32 Å². The van der Waals surface area contributed by atoms with Gasteiger partial charge in [-0.2, -0.15) is 0 Å². The fourth-order valence-electron chi connectivity index (χ4n) is 2.18. The Labute approximate surface area is 153 Å². The van der Waals surface area contributed by atoms with Crippen molar-refractivity contribution in [2.24, 2.45) is 7.05 Å². The van der Waals surface area contributed by atoms with Gasteiger partial charge in [-0.15, -0.1) is 20.4 Å². The van der Waals surface area contributed by atoms with Gasteiger partial charge >= 0.3 is 0 Å². The zero-order valence-electron chi connectivity index (χ0n) is 14.0. The summed E-state index contributed by atoms with van der Waals surface area (Å²) in [6.07, 6.45) is 1.89. The third-order valence-corrected chi connectivity index (χ3v) is 5.30.